The number of aromatic nitrogens is 1. The maximum Gasteiger partial charge on any atom is 0.341 e. The van der Waals surface area contributed by atoms with Crippen LogP contribution < -0.4 is 9.88 Å². The zero-order valence-electron chi connectivity index (χ0n) is 15.6. The van der Waals surface area contributed by atoms with E-state index < -0.39 is 0 Å². The molecule has 0 saturated heterocycles. The average molecular weight is 373 g/mol. The number of pyridine rings is 1. The quantitative estimate of drug-likeness (QED) is 0.625. The minimum absolute atomic E-state index is 0.128. The number of anilines is 1. The van der Waals surface area contributed by atoms with E-state index in [9.17, 15) is 9.59 Å². The van der Waals surface area contributed by atoms with Crippen molar-refractivity contribution in [2.45, 2.75) is 53.0 Å². The number of carbonyl (C=O) groups is 2. The molecule has 0 radical (unpaired) electrons. The van der Waals surface area contributed by atoms with Crippen molar-refractivity contribution in [3.63, 3.8) is 0 Å². The molecule has 26 heavy (non-hydrogen) atoms. The Morgan fingerprint density at radius 2 is 2.08 bits per heavy atom. The molecule has 0 spiro atoms. The average Bonchev–Trinajstić information content (AvgIpc) is 3.17. The Morgan fingerprint density at radius 1 is 1.27 bits per heavy atom. The molecule has 1 N–H and O–H groups in total. The molecular weight excluding hydrogens is 348 g/mol. The van der Waals surface area contributed by atoms with Gasteiger partial charge in [0.05, 0.1) is 12.2 Å². The SMILES string of the molecule is CCOC(=O)c1c(NC(=O)C[n+]2cc(CC)ccc2C)sc2c1CCC2. The molecule has 0 bridgehead atoms. The molecule has 3 rings (SSSR count). The van der Waals surface area contributed by atoms with E-state index in [1.54, 1.807) is 6.92 Å². The van der Waals surface area contributed by atoms with Gasteiger partial charge in [-0.2, -0.15) is 4.57 Å². The second-order valence-corrected chi connectivity index (χ2v) is 7.60. The van der Waals surface area contributed by atoms with Crippen molar-refractivity contribution in [1.82, 2.24) is 0 Å². The summed E-state index contributed by atoms with van der Waals surface area (Å²) < 4.78 is 7.16. The van der Waals surface area contributed by atoms with Crippen LogP contribution in [0.4, 0.5) is 5.00 Å². The van der Waals surface area contributed by atoms with Crippen LogP contribution in [0, 0.1) is 6.92 Å². The first-order valence-corrected chi connectivity index (χ1v) is 9.95. The Bertz CT molecular complexity index is 842. The predicted molar refractivity (Wildman–Crippen MR) is 102 cm³/mol. The molecule has 6 heteroatoms. The molecule has 138 valence electrons. The molecule has 1 aliphatic carbocycles. The van der Waals surface area contributed by atoms with Crippen LogP contribution >= 0.6 is 11.3 Å². The third-order valence-corrected chi connectivity index (χ3v) is 5.90. The van der Waals surface area contributed by atoms with Gasteiger partial charge in [-0.3, -0.25) is 4.79 Å². The minimum atomic E-state index is -0.334. The van der Waals surface area contributed by atoms with Crippen molar-refractivity contribution in [1.29, 1.82) is 0 Å². The number of ether oxygens (including phenoxy) is 1. The Morgan fingerprint density at radius 3 is 2.81 bits per heavy atom. The number of nitrogens with zero attached hydrogens (tertiary/aromatic N) is 1. The molecule has 0 atom stereocenters. The predicted octanol–water partition coefficient (Wildman–Crippen LogP) is 3.21. The fourth-order valence-electron chi connectivity index (χ4n) is 3.28. The fourth-order valence-corrected chi connectivity index (χ4v) is 4.57. The normalized spacial score (nSPS) is 12.7. The van der Waals surface area contributed by atoms with Crippen LogP contribution in [0.15, 0.2) is 18.3 Å². The summed E-state index contributed by atoms with van der Waals surface area (Å²) in [6, 6.07) is 4.10. The summed E-state index contributed by atoms with van der Waals surface area (Å²) >= 11 is 1.51. The number of hydrogen-bond donors (Lipinski definition) is 1. The van der Waals surface area contributed by atoms with Gasteiger partial charge in [-0.15, -0.1) is 11.3 Å². The van der Waals surface area contributed by atoms with Gasteiger partial charge in [-0.1, -0.05) is 6.92 Å². The van der Waals surface area contributed by atoms with Crippen LogP contribution in [0.5, 0.6) is 0 Å². The summed E-state index contributed by atoms with van der Waals surface area (Å²) in [5.74, 6) is -0.462. The molecule has 0 fully saturated rings. The molecule has 0 aromatic carbocycles. The van der Waals surface area contributed by atoms with Crippen molar-refractivity contribution < 1.29 is 18.9 Å². The summed E-state index contributed by atoms with van der Waals surface area (Å²) in [7, 11) is 0. The lowest BCUT2D eigenvalue weighted by molar-refractivity contribution is -0.690. The molecule has 0 aliphatic heterocycles. The molecule has 0 saturated carbocycles. The summed E-state index contributed by atoms with van der Waals surface area (Å²) in [6.07, 6.45) is 5.83. The number of hydrogen-bond acceptors (Lipinski definition) is 4. The highest BCUT2D eigenvalue weighted by Crippen LogP contribution is 2.39. The number of nitrogens with one attached hydrogen (secondary N) is 1. The van der Waals surface area contributed by atoms with Crippen molar-refractivity contribution in [2.75, 3.05) is 11.9 Å². The van der Waals surface area contributed by atoms with Crippen molar-refractivity contribution in [2.24, 2.45) is 0 Å². The van der Waals surface area contributed by atoms with E-state index in [1.807, 2.05) is 23.8 Å². The van der Waals surface area contributed by atoms with Crippen LogP contribution in [-0.2, 0) is 35.3 Å². The van der Waals surface area contributed by atoms with Gasteiger partial charge in [-0.05, 0) is 44.2 Å². The van der Waals surface area contributed by atoms with E-state index >= 15 is 0 Å². The topological polar surface area (TPSA) is 59.3 Å². The molecule has 2 aromatic heterocycles. The first-order valence-electron chi connectivity index (χ1n) is 9.14. The molecular formula is C20H25N2O3S+. The van der Waals surface area contributed by atoms with E-state index in [2.05, 4.69) is 18.3 Å². The lowest BCUT2D eigenvalue weighted by Gasteiger charge is -2.07. The summed E-state index contributed by atoms with van der Waals surface area (Å²) in [6.45, 7) is 6.42. The summed E-state index contributed by atoms with van der Waals surface area (Å²) in [4.78, 5) is 26.2. The van der Waals surface area contributed by atoms with Crippen LogP contribution in [0.1, 0.15) is 52.3 Å². The van der Waals surface area contributed by atoms with E-state index in [-0.39, 0.29) is 18.4 Å². The molecule has 1 amide bonds. The van der Waals surface area contributed by atoms with Crippen molar-refractivity contribution >= 4 is 28.2 Å². The van der Waals surface area contributed by atoms with Crippen molar-refractivity contribution in [3.05, 3.63) is 45.6 Å². The van der Waals surface area contributed by atoms with Gasteiger partial charge < -0.3 is 10.1 Å². The highest BCUT2D eigenvalue weighted by atomic mass is 32.1. The number of carbonyl (C=O) groups excluding carboxylic acids is 2. The van der Waals surface area contributed by atoms with E-state index in [0.29, 0.717) is 17.2 Å². The second-order valence-electron chi connectivity index (χ2n) is 6.49. The molecule has 5 nitrogen and oxygen atoms in total. The number of amides is 1. The maximum atomic E-state index is 12.6. The highest BCUT2D eigenvalue weighted by molar-refractivity contribution is 7.17. The lowest BCUT2D eigenvalue weighted by atomic mass is 10.1. The molecule has 2 heterocycles. The minimum Gasteiger partial charge on any atom is -0.462 e. The Balaban J connectivity index is 1.81. The monoisotopic (exact) mass is 373 g/mol. The summed E-state index contributed by atoms with van der Waals surface area (Å²) in [5, 5.41) is 3.58. The molecule has 0 unspecified atom stereocenters. The number of thiophene rings is 1. The fraction of sp³-hybridized carbons (Fsp3) is 0.450. The van der Waals surface area contributed by atoms with Gasteiger partial charge in [0.15, 0.2) is 11.9 Å². The lowest BCUT2D eigenvalue weighted by Crippen LogP contribution is -2.43. The highest BCUT2D eigenvalue weighted by Gasteiger charge is 2.28. The number of aryl methyl sites for hydroxylation is 3. The van der Waals surface area contributed by atoms with Crippen LogP contribution in [0.25, 0.3) is 0 Å². The second kappa shape index (κ2) is 7.99. The van der Waals surface area contributed by atoms with Gasteiger partial charge in [-0.25, -0.2) is 4.79 Å². The smallest absolute Gasteiger partial charge is 0.341 e. The Hall–Kier alpha value is -2.21. The van der Waals surface area contributed by atoms with Crippen molar-refractivity contribution in [3.8, 4) is 0 Å². The van der Waals surface area contributed by atoms with Gasteiger partial charge >= 0.3 is 5.97 Å². The third-order valence-electron chi connectivity index (χ3n) is 4.69. The van der Waals surface area contributed by atoms with E-state index in [4.69, 9.17) is 4.74 Å². The van der Waals surface area contributed by atoms with Crippen LogP contribution in [0.3, 0.4) is 0 Å². The van der Waals surface area contributed by atoms with Gasteiger partial charge in [0.2, 0.25) is 6.54 Å². The van der Waals surface area contributed by atoms with E-state index in [1.165, 1.54) is 21.8 Å². The standard InChI is InChI=1S/C20H24N2O3S/c1-4-14-10-9-13(3)22(11-14)12-17(23)21-19-18(20(24)25-5-2)15-7-6-8-16(15)26-19/h9-11H,4-8,12H2,1-3H3/p+1. The van der Waals surface area contributed by atoms with Gasteiger partial charge in [0.25, 0.3) is 5.91 Å². The first kappa shape index (κ1) is 18.6. The number of esters is 1. The van der Waals surface area contributed by atoms with E-state index in [0.717, 1.165) is 36.9 Å². The molecule has 1 aliphatic rings. The van der Waals surface area contributed by atoms with Crippen LogP contribution in [0.2, 0.25) is 0 Å². The molecule has 2 aromatic rings. The number of fused-ring (bicyclic) bond motifs is 1. The zero-order chi connectivity index (χ0) is 18.7. The van der Waals surface area contributed by atoms with Crippen LogP contribution in [-0.4, -0.2) is 18.5 Å². The number of rotatable bonds is 6. The maximum absolute atomic E-state index is 12.6. The Labute approximate surface area is 158 Å². The van der Waals surface area contributed by atoms with Gasteiger partial charge in [0, 0.05) is 23.4 Å². The Kier molecular flexibility index (Phi) is 5.71. The van der Waals surface area contributed by atoms with Gasteiger partial charge in [0.1, 0.15) is 5.00 Å². The zero-order valence-corrected chi connectivity index (χ0v) is 16.4. The summed E-state index contributed by atoms with van der Waals surface area (Å²) in [5.41, 5.74) is 3.82. The largest absolute Gasteiger partial charge is 0.462 e. The third kappa shape index (κ3) is 3.80. The first-order chi connectivity index (χ1) is 12.5.